The van der Waals surface area contributed by atoms with Crippen molar-refractivity contribution in [3.63, 3.8) is 0 Å². The van der Waals surface area contributed by atoms with Gasteiger partial charge in [0, 0.05) is 18.1 Å². The third-order valence-corrected chi connectivity index (χ3v) is 6.80. The normalized spacial score (nSPS) is 15.3. The Labute approximate surface area is 175 Å². The largest absolute Gasteiger partial charge is 0.506 e. The molecule has 1 aliphatic heterocycles. The third-order valence-electron chi connectivity index (χ3n) is 4.65. The maximum atomic E-state index is 12.7. The van der Waals surface area contributed by atoms with Crippen LogP contribution in [0.25, 0.3) is 0 Å². The van der Waals surface area contributed by atoms with Crippen molar-refractivity contribution in [2.24, 2.45) is 0 Å². The number of carbonyl (C=O) groups is 1. The summed E-state index contributed by atoms with van der Waals surface area (Å²) in [5.41, 5.74) is -1.28. The number of phenolic OH excluding ortho intramolecular Hbond substituents is 1. The molecule has 1 heterocycles. The smallest absolute Gasteiger partial charge is 0.268 e. The van der Waals surface area contributed by atoms with Gasteiger partial charge in [0.05, 0.1) is 10.6 Å². The van der Waals surface area contributed by atoms with Crippen molar-refractivity contribution in [2.45, 2.75) is 37.2 Å². The minimum atomic E-state index is -3.67. The fraction of sp³-hybridized carbons (Fsp3) is 0.350. The van der Waals surface area contributed by atoms with Crippen LogP contribution in [-0.4, -0.2) is 42.4 Å². The van der Waals surface area contributed by atoms with Gasteiger partial charge in [-0.15, -0.1) is 0 Å². The molecule has 29 heavy (non-hydrogen) atoms. The Morgan fingerprint density at radius 3 is 2.38 bits per heavy atom. The zero-order chi connectivity index (χ0) is 21.2. The van der Waals surface area contributed by atoms with Crippen LogP contribution in [-0.2, 0) is 14.8 Å². The van der Waals surface area contributed by atoms with Crippen molar-refractivity contribution in [1.82, 2.24) is 4.31 Å². The molecule has 0 unspecified atom stereocenters. The molecule has 0 bridgehead atoms. The number of ether oxygens (including phenoxy) is 1. The SMILES string of the molecule is CC(C)(Oc1ccc(Cl)cc1)C(=O)Nc1cc(S(=O)(=O)N2CCCC2)ccc1O. The van der Waals surface area contributed by atoms with Gasteiger partial charge in [-0.3, -0.25) is 4.79 Å². The minimum absolute atomic E-state index is 0.00283. The molecule has 0 aromatic heterocycles. The average Bonchev–Trinajstić information content (AvgIpc) is 3.20. The fourth-order valence-corrected chi connectivity index (χ4v) is 4.64. The molecule has 1 saturated heterocycles. The zero-order valence-corrected chi connectivity index (χ0v) is 17.8. The lowest BCUT2D eigenvalue weighted by Gasteiger charge is -2.25. The molecule has 2 N–H and O–H groups in total. The summed E-state index contributed by atoms with van der Waals surface area (Å²) in [6.07, 6.45) is 1.63. The highest BCUT2D eigenvalue weighted by molar-refractivity contribution is 7.89. The predicted octanol–water partition coefficient (Wildman–Crippen LogP) is 3.63. The molecule has 2 aromatic rings. The van der Waals surface area contributed by atoms with E-state index in [1.165, 1.54) is 22.5 Å². The number of aromatic hydroxyl groups is 1. The van der Waals surface area contributed by atoms with Gasteiger partial charge < -0.3 is 15.2 Å². The van der Waals surface area contributed by atoms with Crippen molar-refractivity contribution in [1.29, 1.82) is 0 Å². The number of rotatable bonds is 6. The lowest BCUT2D eigenvalue weighted by Crippen LogP contribution is -2.42. The van der Waals surface area contributed by atoms with Crippen LogP contribution in [0.5, 0.6) is 11.5 Å². The Morgan fingerprint density at radius 1 is 1.14 bits per heavy atom. The molecule has 0 spiro atoms. The molecule has 1 fully saturated rings. The lowest BCUT2D eigenvalue weighted by molar-refractivity contribution is -0.128. The van der Waals surface area contributed by atoms with Gasteiger partial charge >= 0.3 is 0 Å². The second-order valence-corrected chi connectivity index (χ2v) is 9.68. The zero-order valence-electron chi connectivity index (χ0n) is 16.2. The number of halogens is 1. The topological polar surface area (TPSA) is 95.9 Å². The maximum Gasteiger partial charge on any atom is 0.268 e. The van der Waals surface area contributed by atoms with Crippen LogP contribution < -0.4 is 10.1 Å². The summed E-state index contributed by atoms with van der Waals surface area (Å²) in [6.45, 7) is 4.07. The van der Waals surface area contributed by atoms with Crippen LogP contribution in [0.2, 0.25) is 5.02 Å². The van der Waals surface area contributed by atoms with E-state index >= 15 is 0 Å². The van der Waals surface area contributed by atoms with Crippen LogP contribution in [0.4, 0.5) is 5.69 Å². The summed E-state index contributed by atoms with van der Waals surface area (Å²) in [5.74, 6) is -0.330. The van der Waals surface area contributed by atoms with E-state index in [2.05, 4.69) is 5.32 Å². The monoisotopic (exact) mass is 438 g/mol. The molecule has 0 aliphatic carbocycles. The highest BCUT2D eigenvalue weighted by Crippen LogP contribution is 2.30. The van der Waals surface area contributed by atoms with Gasteiger partial charge in [0.15, 0.2) is 5.60 Å². The first kappa shape index (κ1) is 21.4. The summed E-state index contributed by atoms with van der Waals surface area (Å²) in [4.78, 5) is 12.8. The van der Waals surface area contributed by atoms with Gasteiger partial charge in [0.1, 0.15) is 11.5 Å². The van der Waals surface area contributed by atoms with E-state index in [0.717, 1.165) is 12.8 Å². The van der Waals surface area contributed by atoms with Crippen molar-refractivity contribution in [3.8, 4) is 11.5 Å². The van der Waals surface area contributed by atoms with Crippen LogP contribution in [0.15, 0.2) is 47.4 Å². The number of hydrogen-bond donors (Lipinski definition) is 2. The van der Waals surface area contributed by atoms with Crippen LogP contribution >= 0.6 is 11.6 Å². The Kier molecular flexibility index (Phi) is 6.07. The summed E-state index contributed by atoms with van der Waals surface area (Å²) in [6, 6.07) is 10.4. The van der Waals surface area contributed by atoms with Gasteiger partial charge in [-0.1, -0.05) is 11.6 Å². The lowest BCUT2D eigenvalue weighted by atomic mass is 10.1. The number of sulfonamides is 1. The Balaban J connectivity index is 1.79. The van der Waals surface area contributed by atoms with Crippen molar-refractivity contribution in [3.05, 3.63) is 47.5 Å². The van der Waals surface area contributed by atoms with Crippen molar-refractivity contribution in [2.75, 3.05) is 18.4 Å². The molecule has 9 heteroatoms. The van der Waals surface area contributed by atoms with Gasteiger partial charge in [0.2, 0.25) is 10.0 Å². The first-order chi connectivity index (χ1) is 13.6. The number of phenols is 1. The van der Waals surface area contributed by atoms with E-state index in [1.54, 1.807) is 38.1 Å². The number of amides is 1. The summed E-state index contributed by atoms with van der Waals surface area (Å²) >= 11 is 5.85. The highest BCUT2D eigenvalue weighted by Gasteiger charge is 2.32. The van der Waals surface area contributed by atoms with Crippen molar-refractivity contribution >= 4 is 33.2 Å². The van der Waals surface area contributed by atoms with E-state index in [1.807, 2.05) is 0 Å². The Bertz CT molecular complexity index is 1000. The first-order valence-corrected chi connectivity index (χ1v) is 11.0. The predicted molar refractivity (Wildman–Crippen MR) is 111 cm³/mol. The minimum Gasteiger partial charge on any atom is -0.506 e. The van der Waals surface area contributed by atoms with Gasteiger partial charge in [-0.2, -0.15) is 4.31 Å². The Hall–Kier alpha value is -2.29. The molecule has 1 amide bonds. The maximum absolute atomic E-state index is 12.7. The third kappa shape index (κ3) is 4.83. The number of benzene rings is 2. The molecule has 156 valence electrons. The summed E-state index contributed by atoms with van der Waals surface area (Å²) in [7, 11) is -3.67. The molecule has 2 aromatic carbocycles. The van der Waals surface area contributed by atoms with Gasteiger partial charge in [0.25, 0.3) is 5.91 Å². The number of hydrogen-bond acceptors (Lipinski definition) is 5. The summed E-state index contributed by atoms with van der Waals surface area (Å²) < 4.78 is 32.6. The number of anilines is 1. The van der Waals surface area contributed by atoms with Crippen LogP contribution in [0.3, 0.4) is 0 Å². The van der Waals surface area contributed by atoms with E-state index in [4.69, 9.17) is 16.3 Å². The van der Waals surface area contributed by atoms with Crippen molar-refractivity contribution < 1.29 is 23.1 Å². The number of nitrogens with zero attached hydrogens (tertiary/aromatic N) is 1. The molecule has 7 nitrogen and oxygen atoms in total. The molecule has 0 atom stereocenters. The molecular weight excluding hydrogens is 416 g/mol. The number of carbonyl (C=O) groups excluding carboxylic acids is 1. The second kappa shape index (κ2) is 8.22. The standard InChI is InChI=1S/C20H23ClN2O5S/c1-20(2,28-15-7-5-14(21)6-8-15)19(25)22-17-13-16(9-10-18(17)24)29(26,27)23-11-3-4-12-23/h5-10,13,24H,3-4,11-12H2,1-2H3,(H,22,25). The molecule has 0 radical (unpaired) electrons. The summed E-state index contributed by atoms with van der Waals surface area (Å²) in [5, 5.41) is 13.2. The molecule has 0 saturated carbocycles. The number of nitrogens with one attached hydrogen (secondary N) is 1. The second-order valence-electron chi connectivity index (χ2n) is 7.31. The fourth-order valence-electron chi connectivity index (χ4n) is 2.97. The average molecular weight is 439 g/mol. The van der Waals surface area contributed by atoms with Gasteiger partial charge in [-0.05, 0) is 69.2 Å². The van der Waals surface area contributed by atoms with Gasteiger partial charge in [-0.25, -0.2) is 8.42 Å². The van der Waals surface area contributed by atoms with E-state index in [-0.39, 0.29) is 16.3 Å². The Morgan fingerprint density at radius 2 is 1.76 bits per heavy atom. The van der Waals surface area contributed by atoms with Crippen LogP contribution in [0, 0.1) is 0 Å². The molecule has 3 rings (SSSR count). The van der Waals surface area contributed by atoms with E-state index in [0.29, 0.717) is 23.9 Å². The van der Waals surface area contributed by atoms with E-state index < -0.39 is 21.5 Å². The highest BCUT2D eigenvalue weighted by atomic mass is 35.5. The van der Waals surface area contributed by atoms with E-state index in [9.17, 15) is 18.3 Å². The van der Waals surface area contributed by atoms with Crippen LogP contribution in [0.1, 0.15) is 26.7 Å². The first-order valence-electron chi connectivity index (χ1n) is 9.19. The molecular formula is C20H23ClN2O5S. The quantitative estimate of drug-likeness (QED) is 0.671. The molecule has 1 aliphatic rings.